The van der Waals surface area contributed by atoms with Crippen molar-refractivity contribution in [3.8, 4) is 0 Å². The first-order chi connectivity index (χ1) is 8.24. The fourth-order valence-corrected chi connectivity index (χ4v) is 2.29. The molecule has 7 nitrogen and oxygen atoms in total. The van der Waals surface area contributed by atoms with Crippen LogP contribution in [-0.2, 0) is 10.0 Å². The highest BCUT2D eigenvalue weighted by molar-refractivity contribution is 7.89. The van der Waals surface area contributed by atoms with Gasteiger partial charge in [-0.15, -0.1) is 0 Å². The summed E-state index contributed by atoms with van der Waals surface area (Å²) in [6.07, 6.45) is 0. The average Bonchev–Trinajstić information content (AvgIpc) is 2.26. The van der Waals surface area contributed by atoms with E-state index in [0.717, 1.165) is 12.1 Å². The number of nitro groups is 1. The zero-order chi connectivity index (χ0) is 13.9. The van der Waals surface area contributed by atoms with Crippen LogP contribution < -0.4 is 10.5 Å². The Balaban J connectivity index is 3.10. The summed E-state index contributed by atoms with van der Waals surface area (Å²) in [4.78, 5) is 9.13. The van der Waals surface area contributed by atoms with Gasteiger partial charge in [0, 0.05) is 18.7 Å². The molecule has 1 atom stereocenters. The molecule has 0 heterocycles. The molecule has 1 aromatic carbocycles. The second kappa shape index (κ2) is 5.38. The van der Waals surface area contributed by atoms with Crippen LogP contribution in [0.3, 0.4) is 0 Å². The number of sulfonamides is 1. The molecule has 0 aliphatic carbocycles. The first kappa shape index (κ1) is 14.5. The van der Waals surface area contributed by atoms with Gasteiger partial charge in [0.2, 0.25) is 15.8 Å². The van der Waals surface area contributed by atoms with Gasteiger partial charge in [-0.3, -0.25) is 10.1 Å². The normalized spacial score (nSPS) is 13.3. The van der Waals surface area contributed by atoms with E-state index in [1.54, 1.807) is 6.92 Å². The molecular weight excluding hydrogens is 265 g/mol. The summed E-state index contributed by atoms with van der Waals surface area (Å²) in [5.74, 6) is -1.09. The molecule has 0 aliphatic rings. The summed E-state index contributed by atoms with van der Waals surface area (Å²) in [5.41, 5.74) is 4.49. The minimum atomic E-state index is -3.93. The molecule has 1 rings (SSSR count). The highest BCUT2D eigenvalue weighted by atomic mass is 32.2. The van der Waals surface area contributed by atoms with Gasteiger partial charge in [-0.1, -0.05) is 0 Å². The van der Waals surface area contributed by atoms with Gasteiger partial charge in [0.15, 0.2) is 0 Å². The quantitative estimate of drug-likeness (QED) is 0.595. The van der Waals surface area contributed by atoms with E-state index in [9.17, 15) is 22.9 Å². The van der Waals surface area contributed by atoms with Crippen LogP contribution in [0, 0.1) is 15.9 Å². The van der Waals surface area contributed by atoms with Crippen molar-refractivity contribution in [3.63, 3.8) is 0 Å². The van der Waals surface area contributed by atoms with Gasteiger partial charge in [0.25, 0.3) is 0 Å². The summed E-state index contributed by atoms with van der Waals surface area (Å²) in [6.45, 7) is 1.57. The molecule has 0 fully saturated rings. The molecule has 1 unspecified atom stereocenters. The Bertz CT molecular complexity index is 559. The van der Waals surface area contributed by atoms with E-state index in [2.05, 4.69) is 4.72 Å². The monoisotopic (exact) mass is 277 g/mol. The summed E-state index contributed by atoms with van der Waals surface area (Å²) >= 11 is 0. The van der Waals surface area contributed by atoms with Gasteiger partial charge >= 0.3 is 5.69 Å². The van der Waals surface area contributed by atoms with E-state index in [1.165, 1.54) is 0 Å². The second-order valence-corrected chi connectivity index (χ2v) is 5.47. The Morgan fingerprint density at radius 3 is 2.67 bits per heavy atom. The van der Waals surface area contributed by atoms with E-state index < -0.39 is 32.5 Å². The van der Waals surface area contributed by atoms with Crippen LogP contribution in [0.15, 0.2) is 23.1 Å². The number of nitrogens with one attached hydrogen (secondary N) is 1. The zero-order valence-electron chi connectivity index (χ0n) is 9.46. The maximum absolute atomic E-state index is 13.0. The number of halogens is 1. The smallest absolute Gasteiger partial charge is 0.306 e. The molecule has 18 heavy (non-hydrogen) atoms. The number of hydrogen-bond acceptors (Lipinski definition) is 5. The Morgan fingerprint density at radius 1 is 1.56 bits per heavy atom. The largest absolute Gasteiger partial charge is 0.327 e. The predicted octanol–water partition coefficient (Wildman–Crippen LogP) is 0.359. The second-order valence-electron chi connectivity index (χ2n) is 3.70. The number of benzene rings is 1. The minimum Gasteiger partial charge on any atom is -0.327 e. The zero-order valence-corrected chi connectivity index (χ0v) is 10.3. The summed E-state index contributed by atoms with van der Waals surface area (Å²) in [7, 11) is -3.93. The standard InChI is InChI=1S/C9H12FN3O4S/c1-6(11)5-12-18(16,17)7-2-3-8(10)9(4-7)13(14)15/h2-4,6,12H,5,11H2,1H3. The maximum atomic E-state index is 13.0. The fraction of sp³-hybridized carbons (Fsp3) is 0.333. The SMILES string of the molecule is CC(N)CNS(=O)(=O)c1ccc(F)c([N+](=O)[O-])c1. The van der Waals surface area contributed by atoms with Crippen LogP contribution in [-0.4, -0.2) is 25.9 Å². The number of nitrogens with two attached hydrogens (primary N) is 1. The fourth-order valence-electron chi connectivity index (χ4n) is 1.12. The molecule has 0 saturated carbocycles. The van der Waals surface area contributed by atoms with Gasteiger partial charge in [-0.25, -0.2) is 13.1 Å². The Kier molecular flexibility index (Phi) is 4.33. The van der Waals surface area contributed by atoms with Crippen molar-refractivity contribution in [1.29, 1.82) is 0 Å². The van der Waals surface area contributed by atoms with Gasteiger partial charge in [-0.2, -0.15) is 4.39 Å². The van der Waals surface area contributed by atoms with Gasteiger partial charge in [0.1, 0.15) is 0 Å². The molecule has 1 aromatic rings. The summed E-state index contributed by atoms with van der Waals surface area (Å²) in [5, 5.41) is 10.5. The number of nitro benzene ring substituents is 1. The van der Waals surface area contributed by atoms with Crippen molar-refractivity contribution >= 4 is 15.7 Å². The van der Waals surface area contributed by atoms with E-state index in [-0.39, 0.29) is 11.4 Å². The van der Waals surface area contributed by atoms with Gasteiger partial charge < -0.3 is 5.73 Å². The molecule has 0 amide bonds. The Labute approximate surface area is 103 Å². The molecule has 0 saturated heterocycles. The summed E-state index contributed by atoms with van der Waals surface area (Å²) in [6, 6.07) is 1.94. The lowest BCUT2D eigenvalue weighted by atomic mass is 10.3. The lowest BCUT2D eigenvalue weighted by Crippen LogP contribution is -2.35. The number of rotatable bonds is 5. The van der Waals surface area contributed by atoms with Crippen molar-refractivity contribution in [3.05, 3.63) is 34.1 Å². The molecule has 0 spiro atoms. The first-order valence-electron chi connectivity index (χ1n) is 4.93. The Hall–Kier alpha value is -1.58. The first-order valence-corrected chi connectivity index (χ1v) is 6.41. The van der Waals surface area contributed by atoms with Gasteiger partial charge in [0.05, 0.1) is 9.82 Å². The molecule has 100 valence electrons. The number of nitrogens with zero attached hydrogens (tertiary/aromatic N) is 1. The van der Waals surface area contributed by atoms with E-state index in [4.69, 9.17) is 5.73 Å². The highest BCUT2D eigenvalue weighted by Crippen LogP contribution is 2.21. The third-order valence-corrected chi connectivity index (χ3v) is 3.44. The van der Waals surface area contributed by atoms with E-state index in [0.29, 0.717) is 6.07 Å². The molecular formula is C9H12FN3O4S. The number of hydrogen-bond donors (Lipinski definition) is 2. The average molecular weight is 277 g/mol. The highest BCUT2D eigenvalue weighted by Gasteiger charge is 2.21. The molecule has 0 aliphatic heterocycles. The molecule has 0 aromatic heterocycles. The van der Waals surface area contributed by atoms with Crippen molar-refractivity contribution in [2.45, 2.75) is 17.9 Å². The topological polar surface area (TPSA) is 115 Å². The van der Waals surface area contributed by atoms with Crippen LogP contribution in [0.5, 0.6) is 0 Å². The third kappa shape index (κ3) is 3.45. The van der Waals surface area contributed by atoms with Crippen LogP contribution in [0.2, 0.25) is 0 Å². The van der Waals surface area contributed by atoms with E-state index in [1.807, 2.05) is 0 Å². The molecule has 3 N–H and O–H groups in total. The Morgan fingerprint density at radius 2 is 2.17 bits per heavy atom. The van der Waals surface area contributed by atoms with E-state index >= 15 is 0 Å². The summed E-state index contributed by atoms with van der Waals surface area (Å²) < 4.78 is 38.6. The van der Waals surface area contributed by atoms with Crippen molar-refractivity contribution in [2.24, 2.45) is 5.73 Å². The third-order valence-electron chi connectivity index (χ3n) is 2.02. The van der Waals surface area contributed by atoms with Gasteiger partial charge in [-0.05, 0) is 19.1 Å². The molecule has 0 radical (unpaired) electrons. The molecule has 9 heteroatoms. The van der Waals surface area contributed by atoms with Crippen molar-refractivity contribution in [1.82, 2.24) is 4.72 Å². The lowest BCUT2D eigenvalue weighted by molar-refractivity contribution is -0.387. The van der Waals surface area contributed by atoms with Crippen LogP contribution >= 0.6 is 0 Å². The minimum absolute atomic E-state index is 0.0203. The van der Waals surface area contributed by atoms with Crippen molar-refractivity contribution in [2.75, 3.05) is 6.54 Å². The lowest BCUT2D eigenvalue weighted by Gasteiger charge is -2.08. The van der Waals surface area contributed by atoms with Crippen LogP contribution in [0.25, 0.3) is 0 Å². The molecule has 0 bridgehead atoms. The van der Waals surface area contributed by atoms with Crippen LogP contribution in [0.4, 0.5) is 10.1 Å². The van der Waals surface area contributed by atoms with Crippen molar-refractivity contribution < 1.29 is 17.7 Å². The van der Waals surface area contributed by atoms with Crippen LogP contribution in [0.1, 0.15) is 6.92 Å². The predicted molar refractivity (Wildman–Crippen MR) is 61.9 cm³/mol. The maximum Gasteiger partial charge on any atom is 0.306 e.